The maximum absolute atomic E-state index is 13.1. The molecule has 13 heteroatoms. The molecule has 3 N–H and O–H groups in total. The van der Waals surface area contributed by atoms with Gasteiger partial charge in [0.25, 0.3) is 10.0 Å². The molecule has 3 aromatic rings. The molecule has 1 amide bonds. The Bertz CT molecular complexity index is 1270. The largest absolute Gasteiger partial charge is 0.451 e. The molecule has 0 aromatic carbocycles. The number of ether oxygens (including phenoxy) is 1. The summed E-state index contributed by atoms with van der Waals surface area (Å²) in [6, 6.07) is 4.02. The summed E-state index contributed by atoms with van der Waals surface area (Å²) in [4.78, 5) is 21.9. The minimum atomic E-state index is -4.14. The van der Waals surface area contributed by atoms with E-state index in [4.69, 9.17) is 26.0 Å². The second-order valence-electron chi connectivity index (χ2n) is 7.38. The zero-order valence-electron chi connectivity index (χ0n) is 17.6. The monoisotopic (exact) mass is 495 g/mol. The van der Waals surface area contributed by atoms with Crippen LogP contribution in [0.1, 0.15) is 30.3 Å². The highest BCUT2D eigenvalue weighted by molar-refractivity contribution is 7.92. The fourth-order valence-corrected chi connectivity index (χ4v) is 4.81. The van der Waals surface area contributed by atoms with E-state index in [1.807, 2.05) is 11.8 Å². The van der Waals surface area contributed by atoms with Crippen LogP contribution in [0.3, 0.4) is 0 Å². The number of nitrogens with zero attached hydrogens (tertiary/aromatic N) is 3. The second kappa shape index (κ2) is 9.51. The Morgan fingerprint density at radius 3 is 2.73 bits per heavy atom. The Morgan fingerprint density at radius 2 is 2.03 bits per heavy atom. The number of nitrogens with one attached hydrogen (secondary N) is 2. The third kappa shape index (κ3) is 5.03. The summed E-state index contributed by atoms with van der Waals surface area (Å²) in [7, 11) is -4.14. The van der Waals surface area contributed by atoms with Gasteiger partial charge in [0.1, 0.15) is 5.58 Å². The fraction of sp³-hybridized carbons (Fsp3) is 0.350. The van der Waals surface area contributed by atoms with Crippen LogP contribution in [0.5, 0.6) is 0 Å². The van der Waals surface area contributed by atoms with Crippen molar-refractivity contribution in [1.29, 1.82) is 0 Å². The molecule has 0 radical (unpaired) electrons. The summed E-state index contributed by atoms with van der Waals surface area (Å²) in [6.07, 6.45) is 4.48. The van der Waals surface area contributed by atoms with Crippen LogP contribution in [0.15, 0.2) is 40.0 Å². The van der Waals surface area contributed by atoms with Gasteiger partial charge < -0.3 is 14.1 Å². The number of sulfonamides is 1. The number of furan rings is 1. The van der Waals surface area contributed by atoms with Crippen molar-refractivity contribution in [2.45, 2.75) is 30.9 Å². The number of hydrogen-bond donors (Lipinski definition) is 3. The molecule has 1 aliphatic heterocycles. The maximum atomic E-state index is 13.1. The molecular formula is C20H22ClN5O6S. The summed E-state index contributed by atoms with van der Waals surface area (Å²) in [5.74, 6) is -0.594. The topological polar surface area (TPSA) is 147 Å². The molecule has 1 aliphatic rings. The van der Waals surface area contributed by atoms with Crippen molar-refractivity contribution in [1.82, 2.24) is 15.4 Å². The molecule has 4 rings (SSSR count). The van der Waals surface area contributed by atoms with Crippen LogP contribution in [0.4, 0.5) is 11.5 Å². The lowest BCUT2D eigenvalue weighted by atomic mass is 10.1. The number of amides is 1. The maximum Gasteiger partial charge on any atom is 0.310 e. The minimum Gasteiger partial charge on any atom is -0.451 e. The van der Waals surface area contributed by atoms with Crippen LogP contribution >= 0.6 is 11.6 Å². The van der Waals surface area contributed by atoms with Crippen molar-refractivity contribution in [3.8, 4) is 0 Å². The number of fused-ring (bicyclic) bond motifs is 1. The highest BCUT2D eigenvalue weighted by atomic mass is 35.5. The van der Waals surface area contributed by atoms with E-state index in [-0.39, 0.29) is 33.2 Å². The molecule has 0 saturated carbocycles. The molecule has 176 valence electrons. The highest BCUT2D eigenvalue weighted by Gasteiger charge is 2.26. The number of carbonyl (C=O) groups excluding carboxylic acids is 1. The van der Waals surface area contributed by atoms with Crippen LogP contribution in [-0.2, 0) is 14.8 Å². The van der Waals surface area contributed by atoms with E-state index >= 15 is 0 Å². The van der Waals surface area contributed by atoms with Gasteiger partial charge in [0, 0.05) is 43.5 Å². The number of anilines is 2. The Labute approximate surface area is 194 Å². The quantitative estimate of drug-likeness (QED) is 0.332. The van der Waals surface area contributed by atoms with Gasteiger partial charge in [-0.2, -0.15) is 8.42 Å². The number of rotatable bonds is 7. The van der Waals surface area contributed by atoms with Gasteiger partial charge in [-0.05, 0) is 31.9 Å². The summed E-state index contributed by atoms with van der Waals surface area (Å²) in [6.45, 7) is 3.91. The Kier molecular flexibility index (Phi) is 6.70. The van der Waals surface area contributed by atoms with Crippen LogP contribution < -0.4 is 15.1 Å². The smallest absolute Gasteiger partial charge is 0.310 e. The summed E-state index contributed by atoms with van der Waals surface area (Å²) in [5.41, 5.74) is 1.79. The van der Waals surface area contributed by atoms with Gasteiger partial charge in [0.15, 0.2) is 16.6 Å². The van der Waals surface area contributed by atoms with Crippen molar-refractivity contribution in [3.63, 3.8) is 0 Å². The minimum absolute atomic E-state index is 0.117. The molecule has 0 unspecified atom stereocenters. The van der Waals surface area contributed by atoms with Crippen molar-refractivity contribution >= 4 is 50.0 Å². The number of halogens is 1. The first kappa shape index (κ1) is 23.2. The Morgan fingerprint density at radius 1 is 1.27 bits per heavy atom. The molecule has 0 bridgehead atoms. The lowest BCUT2D eigenvalue weighted by molar-refractivity contribution is 0.0458. The number of hydroxylamine groups is 1. The average molecular weight is 496 g/mol. The predicted molar refractivity (Wildman–Crippen MR) is 120 cm³/mol. The van der Waals surface area contributed by atoms with Crippen LogP contribution in [0, 0.1) is 0 Å². The third-order valence-corrected chi connectivity index (χ3v) is 6.67. The van der Waals surface area contributed by atoms with E-state index < -0.39 is 15.9 Å². The second-order valence-corrected chi connectivity index (χ2v) is 9.45. The average Bonchev–Trinajstić information content (AvgIpc) is 3.23. The van der Waals surface area contributed by atoms with Crippen LogP contribution in [0.25, 0.3) is 11.0 Å². The Hall–Kier alpha value is -2.93. The predicted octanol–water partition coefficient (Wildman–Crippen LogP) is 2.80. The molecular weight excluding hydrogens is 474 g/mol. The molecule has 3 aromatic heterocycles. The van der Waals surface area contributed by atoms with E-state index in [2.05, 4.69) is 14.7 Å². The fourth-order valence-electron chi connectivity index (χ4n) is 3.66. The molecule has 4 heterocycles. The van der Waals surface area contributed by atoms with Gasteiger partial charge in [-0.15, -0.1) is 0 Å². The van der Waals surface area contributed by atoms with E-state index in [1.165, 1.54) is 36.1 Å². The van der Waals surface area contributed by atoms with Crippen molar-refractivity contribution in [3.05, 3.63) is 41.4 Å². The van der Waals surface area contributed by atoms with Crippen LogP contribution in [0.2, 0.25) is 5.02 Å². The lowest BCUT2D eigenvalue weighted by Crippen LogP contribution is -2.38. The molecule has 1 saturated heterocycles. The zero-order chi connectivity index (χ0) is 23.6. The van der Waals surface area contributed by atoms with Gasteiger partial charge in [0.2, 0.25) is 0 Å². The first-order chi connectivity index (χ1) is 15.8. The molecule has 33 heavy (non-hydrogen) atoms. The summed E-state index contributed by atoms with van der Waals surface area (Å²) in [5, 5.41) is 9.10. The van der Waals surface area contributed by atoms with Gasteiger partial charge in [-0.3, -0.25) is 14.7 Å². The zero-order valence-corrected chi connectivity index (χ0v) is 19.2. The van der Waals surface area contributed by atoms with Gasteiger partial charge >= 0.3 is 5.91 Å². The molecule has 11 nitrogen and oxygen atoms in total. The first-order valence-electron chi connectivity index (χ1n) is 10.2. The van der Waals surface area contributed by atoms with Crippen molar-refractivity contribution in [2.75, 3.05) is 29.3 Å². The standard InChI is InChI=1S/C20H22ClN5O6S/c1-2-31-14-3-5-26(6-4-14)19-15(8-13(21)11-23-19)25-33(29,30)18-9-16-12(10-22-18)7-17(32-16)20(27)24-28/h7-11,14,25,28H,2-6H2,1H3,(H,24,27). The van der Waals surface area contributed by atoms with Gasteiger partial charge in [0.05, 0.1) is 16.8 Å². The van der Waals surface area contributed by atoms with Crippen molar-refractivity contribution < 1.29 is 27.6 Å². The van der Waals surface area contributed by atoms with E-state index in [9.17, 15) is 13.2 Å². The third-order valence-electron chi connectivity index (χ3n) is 5.20. The molecule has 1 fully saturated rings. The first-order valence-corrected chi connectivity index (χ1v) is 12.1. The van der Waals surface area contributed by atoms with E-state index in [0.29, 0.717) is 30.9 Å². The number of aromatic nitrogens is 2. The van der Waals surface area contributed by atoms with Gasteiger partial charge in [-0.1, -0.05) is 11.6 Å². The van der Waals surface area contributed by atoms with E-state index in [0.717, 1.165) is 12.8 Å². The number of pyridine rings is 2. The highest BCUT2D eigenvalue weighted by Crippen LogP contribution is 2.31. The van der Waals surface area contributed by atoms with E-state index in [1.54, 1.807) is 0 Å². The molecule has 0 spiro atoms. The lowest BCUT2D eigenvalue weighted by Gasteiger charge is -2.33. The van der Waals surface area contributed by atoms with Gasteiger partial charge in [-0.25, -0.2) is 15.4 Å². The molecule has 0 atom stereocenters. The number of carbonyl (C=O) groups is 1. The summed E-state index contributed by atoms with van der Waals surface area (Å²) >= 11 is 6.09. The molecule has 0 aliphatic carbocycles. The van der Waals surface area contributed by atoms with Crippen molar-refractivity contribution in [2.24, 2.45) is 0 Å². The number of piperidine rings is 1. The normalized spacial score (nSPS) is 15.1. The van der Waals surface area contributed by atoms with Crippen LogP contribution in [-0.4, -0.2) is 55.3 Å². The SMILES string of the molecule is CCOC1CCN(c2ncc(Cl)cc2NS(=O)(=O)c2cc3oc(C(=O)NO)cc3cn2)CC1. The number of hydrogen-bond acceptors (Lipinski definition) is 9. The Balaban J connectivity index is 1.60. The summed E-state index contributed by atoms with van der Waals surface area (Å²) < 4.78 is 39.7.